The van der Waals surface area contributed by atoms with E-state index in [4.69, 9.17) is 5.11 Å². The van der Waals surface area contributed by atoms with Crippen LogP contribution in [0.2, 0.25) is 0 Å². The Kier molecular flexibility index (Phi) is 4.25. The molecule has 2 rings (SSSR count). The fourth-order valence-corrected chi connectivity index (χ4v) is 2.63. The molecule has 0 aromatic rings. The molecular formula is C13H19FN2O4. The summed E-state index contributed by atoms with van der Waals surface area (Å²) in [6.45, 7) is 0.125. The minimum Gasteiger partial charge on any atom is -0.479 e. The van der Waals surface area contributed by atoms with E-state index < -0.39 is 18.2 Å². The third kappa shape index (κ3) is 3.08. The second-order valence-electron chi connectivity index (χ2n) is 5.46. The Morgan fingerprint density at radius 1 is 1.25 bits per heavy atom. The van der Waals surface area contributed by atoms with Crippen molar-refractivity contribution in [1.82, 2.24) is 9.80 Å². The largest absolute Gasteiger partial charge is 0.479 e. The molecule has 0 saturated carbocycles. The van der Waals surface area contributed by atoms with E-state index in [1.165, 1.54) is 9.80 Å². The molecule has 2 fully saturated rings. The number of rotatable bonds is 3. The fraction of sp³-hybridized carbons (Fsp3) is 0.769. The minimum absolute atomic E-state index is 0.0557. The highest BCUT2D eigenvalue weighted by Gasteiger charge is 2.47. The molecule has 0 aromatic carbocycles. The van der Waals surface area contributed by atoms with Crippen molar-refractivity contribution >= 4 is 17.8 Å². The van der Waals surface area contributed by atoms with Crippen molar-refractivity contribution in [3.8, 4) is 0 Å². The van der Waals surface area contributed by atoms with Crippen molar-refractivity contribution in [2.24, 2.45) is 0 Å². The summed E-state index contributed by atoms with van der Waals surface area (Å²) in [7, 11) is 0. The number of alkyl halides is 1. The van der Waals surface area contributed by atoms with Crippen molar-refractivity contribution < 1.29 is 23.9 Å². The Morgan fingerprint density at radius 3 is 2.65 bits per heavy atom. The standard InChI is InChI=1S/C13H19FN2O4/c14-13(12(19)20)5-7-16(9-13)11(18)8-15-6-3-1-2-4-10(15)17/h1-9H2,(H,19,20). The van der Waals surface area contributed by atoms with Gasteiger partial charge in [-0.2, -0.15) is 0 Å². The second-order valence-corrected chi connectivity index (χ2v) is 5.46. The first kappa shape index (κ1) is 14.7. The van der Waals surface area contributed by atoms with Gasteiger partial charge >= 0.3 is 5.97 Å². The van der Waals surface area contributed by atoms with Gasteiger partial charge in [-0.25, -0.2) is 9.18 Å². The summed E-state index contributed by atoms with van der Waals surface area (Å²) >= 11 is 0. The number of carbonyl (C=O) groups excluding carboxylic acids is 2. The van der Waals surface area contributed by atoms with Crippen LogP contribution in [-0.2, 0) is 14.4 Å². The predicted molar refractivity (Wildman–Crippen MR) is 67.7 cm³/mol. The van der Waals surface area contributed by atoms with Gasteiger partial charge in [0, 0.05) is 25.9 Å². The lowest BCUT2D eigenvalue weighted by Gasteiger charge is -2.24. The van der Waals surface area contributed by atoms with Gasteiger partial charge in [0.15, 0.2) is 0 Å². The summed E-state index contributed by atoms with van der Waals surface area (Å²) in [6, 6.07) is 0. The van der Waals surface area contributed by atoms with E-state index in [1.54, 1.807) is 0 Å². The molecule has 2 heterocycles. The molecule has 1 N–H and O–H groups in total. The minimum atomic E-state index is -2.35. The Labute approximate surface area is 116 Å². The van der Waals surface area contributed by atoms with Crippen LogP contribution in [0.25, 0.3) is 0 Å². The van der Waals surface area contributed by atoms with E-state index in [1.807, 2.05) is 0 Å². The van der Waals surface area contributed by atoms with Crippen LogP contribution in [0.3, 0.4) is 0 Å². The molecule has 2 saturated heterocycles. The molecule has 2 amide bonds. The number of carbonyl (C=O) groups is 3. The van der Waals surface area contributed by atoms with Gasteiger partial charge in [-0.05, 0) is 12.8 Å². The average Bonchev–Trinajstić information content (AvgIpc) is 2.70. The molecular weight excluding hydrogens is 267 g/mol. The van der Waals surface area contributed by atoms with Crippen molar-refractivity contribution in [2.75, 3.05) is 26.2 Å². The Bertz CT molecular complexity index is 429. The van der Waals surface area contributed by atoms with Gasteiger partial charge in [0.1, 0.15) is 0 Å². The van der Waals surface area contributed by atoms with Gasteiger partial charge in [-0.15, -0.1) is 0 Å². The summed E-state index contributed by atoms with van der Waals surface area (Å²) in [4.78, 5) is 37.3. The van der Waals surface area contributed by atoms with Crippen molar-refractivity contribution in [2.45, 2.75) is 37.8 Å². The molecule has 7 heteroatoms. The maximum atomic E-state index is 13.9. The number of carboxylic acids is 1. The molecule has 1 atom stereocenters. The highest BCUT2D eigenvalue weighted by molar-refractivity contribution is 5.86. The van der Waals surface area contributed by atoms with E-state index in [0.717, 1.165) is 19.3 Å². The fourth-order valence-electron chi connectivity index (χ4n) is 2.63. The van der Waals surface area contributed by atoms with E-state index in [9.17, 15) is 18.8 Å². The topological polar surface area (TPSA) is 77.9 Å². The van der Waals surface area contributed by atoms with Gasteiger partial charge in [-0.3, -0.25) is 9.59 Å². The predicted octanol–water partition coefficient (Wildman–Crippen LogP) is 0.414. The summed E-state index contributed by atoms with van der Waals surface area (Å²) in [6.07, 6.45) is 2.91. The van der Waals surface area contributed by atoms with Gasteiger partial charge in [0.25, 0.3) is 0 Å². The Balaban J connectivity index is 1.92. The van der Waals surface area contributed by atoms with Crippen LogP contribution in [-0.4, -0.2) is 64.5 Å². The zero-order valence-electron chi connectivity index (χ0n) is 11.3. The van der Waals surface area contributed by atoms with E-state index in [0.29, 0.717) is 13.0 Å². The summed E-state index contributed by atoms with van der Waals surface area (Å²) < 4.78 is 13.9. The third-order valence-corrected chi connectivity index (χ3v) is 3.95. The monoisotopic (exact) mass is 286 g/mol. The lowest BCUT2D eigenvalue weighted by molar-refractivity contribution is -0.150. The molecule has 2 aliphatic heterocycles. The molecule has 0 spiro atoms. The summed E-state index contributed by atoms with van der Waals surface area (Å²) in [5, 5.41) is 8.80. The van der Waals surface area contributed by atoms with Gasteiger partial charge in [-0.1, -0.05) is 6.42 Å². The van der Waals surface area contributed by atoms with E-state index in [-0.39, 0.29) is 31.3 Å². The van der Waals surface area contributed by atoms with Crippen LogP contribution in [0.15, 0.2) is 0 Å². The van der Waals surface area contributed by atoms with E-state index >= 15 is 0 Å². The van der Waals surface area contributed by atoms with Gasteiger partial charge in [0.2, 0.25) is 17.5 Å². The molecule has 0 radical (unpaired) electrons. The van der Waals surface area contributed by atoms with Crippen LogP contribution >= 0.6 is 0 Å². The number of aliphatic carboxylic acids is 1. The quantitative estimate of drug-likeness (QED) is 0.815. The maximum Gasteiger partial charge on any atom is 0.343 e. The lowest BCUT2D eigenvalue weighted by atomic mass is 10.1. The first-order valence-corrected chi connectivity index (χ1v) is 6.90. The van der Waals surface area contributed by atoms with Crippen LogP contribution in [0.1, 0.15) is 32.1 Å². The van der Waals surface area contributed by atoms with Gasteiger partial charge < -0.3 is 14.9 Å². The summed E-state index contributed by atoms with van der Waals surface area (Å²) in [5.74, 6) is -1.96. The molecule has 2 aliphatic rings. The molecule has 0 aliphatic carbocycles. The lowest BCUT2D eigenvalue weighted by Crippen LogP contribution is -2.44. The Hall–Kier alpha value is -1.66. The van der Waals surface area contributed by atoms with Crippen LogP contribution < -0.4 is 0 Å². The molecule has 6 nitrogen and oxygen atoms in total. The van der Waals surface area contributed by atoms with Crippen molar-refractivity contribution in [3.63, 3.8) is 0 Å². The number of amides is 2. The first-order chi connectivity index (χ1) is 9.42. The zero-order chi connectivity index (χ0) is 14.8. The summed E-state index contributed by atoms with van der Waals surface area (Å²) in [5.41, 5.74) is -2.35. The highest BCUT2D eigenvalue weighted by atomic mass is 19.1. The van der Waals surface area contributed by atoms with E-state index in [2.05, 4.69) is 0 Å². The second kappa shape index (κ2) is 5.76. The number of hydrogen-bond donors (Lipinski definition) is 1. The van der Waals surface area contributed by atoms with Crippen LogP contribution in [0.4, 0.5) is 4.39 Å². The van der Waals surface area contributed by atoms with Crippen LogP contribution in [0, 0.1) is 0 Å². The number of likely N-dealkylation sites (tertiary alicyclic amines) is 2. The molecule has 20 heavy (non-hydrogen) atoms. The SMILES string of the molecule is O=C1CCCCCN1CC(=O)N1CCC(F)(C(=O)O)C1. The Morgan fingerprint density at radius 2 is 2.00 bits per heavy atom. The molecule has 0 bridgehead atoms. The number of halogens is 1. The normalized spacial score (nSPS) is 27.6. The highest BCUT2D eigenvalue weighted by Crippen LogP contribution is 2.26. The van der Waals surface area contributed by atoms with Gasteiger partial charge in [0.05, 0.1) is 13.1 Å². The molecule has 0 aromatic heterocycles. The smallest absolute Gasteiger partial charge is 0.343 e. The average molecular weight is 286 g/mol. The third-order valence-electron chi connectivity index (χ3n) is 3.95. The number of nitrogens with zero attached hydrogens (tertiary/aromatic N) is 2. The zero-order valence-corrected chi connectivity index (χ0v) is 11.3. The van der Waals surface area contributed by atoms with Crippen molar-refractivity contribution in [1.29, 1.82) is 0 Å². The maximum absolute atomic E-state index is 13.9. The first-order valence-electron chi connectivity index (χ1n) is 6.90. The van der Waals surface area contributed by atoms with Crippen LogP contribution in [0.5, 0.6) is 0 Å². The number of hydrogen-bond acceptors (Lipinski definition) is 3. The molecule has 1 unspecified atom stereocenters. The number of carboxylic acid groups (broad SMARTS) is 1. The molecule has 112 valence electrons. The van der Waals surface area contributed by atoms with Crippen molar-refractivity contribution in [3.05, 3.63) is 0 Å².